The molecule has 0 aromatic carbocycles. The van der Waals surface area contributed by atoms with Crippen molar-refractivity contribution in [3.63, 3.8) is 0 Å². The minimum atomic E-state index is 1.75. The molecule has 0 bridgehead atoms. The van der Waals surface area contributed by atoms with Gasteiger partial charge in [-0.1, -0.05) is 0 Å². The molecule has 0 unspecified atom stereocenters. The van der Waals surface area contributed by atoms with E-state index in [0.29, 0.717) is 0 Å². The van der Waals surface area contributed by atoms with Crippen LogP contribution in [0.5, 0.6) is 0 Å². The number of hydrogen-bond acceptors (Lipinski definition) is 0. The van der Waals surface area contributed by atoms with Gasteiger partial charge in [0.25, 0.3) is 0 Å². The Balaban J connectivity index is 0. The van der Waals surface area contributed by atoms with Gasteiger partial charge in [0.15, 0.2) is 0 Å². The summed E-state index contributed by atoms with van der Waals surface area (Å²) in [5.74, 6) is 0. The van der Waals surface area contributed by atoms with E-state index < -0.39 is 0 Å². The predicted molar refractivity (Wildman–Crippen MR) is 26.0 cm³/mol. The summed E-state index contributed by atoms with van der Waals surface area (Å²) >= 11 is 2.22. The van der Waals surface area contributed by atoms with E-state index in [1.54, 1.807) is 6.08 Å². The molecule has 0 aliphatic heterocycles. The van der Waals surface area contributed by atoms with Gasteiger partial charge in [-0.25, -0.2) is 19.1 Å². The average Bonchev–Trinajstić information content (AvgIpc) is 1.72. The Hall–Kier alpha value is 0.562. The van der Waals surface area contributed by atoms with Crippen molar-refractivity contribution in [2.24, 2.45) is 0 Å². The number of hydrogen-bond donors (Lipinski definition) is 0. The van der Waals surface area contributed by atoms with Crippen LogP contribution in [-0.2, 0) is 18.2 Å². The Labute approximate surface area is 54.0 Å². The molecule has 2 heteroatoms. The van der Waals surface area contributed by atoms with Crippen LogP contribution in [0.25, 0.3) is 0 Å². The molecule has 0 N–H and O–H groups in total. The van der Waals surface area contributed by atoms with E-state index in [2.05, 4.69) is 34.6 Å². The zero-order chi connectivity index (χ0) is 5.41. The molecule has 0 fully saturated rings. The van der Waals surface area contributed by atoms with E-state index in [1.807, 2.05) is 13.0 Å². The van der Waals surface area contributed by atoms with Crippen LogP contribution in [0, 0.1) is 6.92 Å². The van der Waals surface area contributed by atoms with E-state index >= 15 is 0 Å². The van der Waals surface area contributed by atoms with Crippen LogP contribution in [0.3, 0.4) is 0 Å². The van der Waals surface area contributed by atoms with Crippen LogP contribution in [0.4, 0.5) is 0 Å². The number of rotatable bonds is 0. The van der Waals surface area contributed by atoms with Crippen molar-refractivity contribution in [1.82, 2.24) is 0 Å². The molecule has 0 saturated carbocycles. The summed E-state index contributed by atoms with van der Waals surface area (Å²) in [6, 6.07) is 0. The second kappa shape index (κ2) is 17.6. The van der Waals surface area contributed by atoms with E-state index in [1.165, 1.54) is 0 Å². The number of allylic oxidation sites excluding steroid dienone is 2. The fraction of sp³-hybridized carbons (Fsp3) is 0.250. The molecule has 0 aromatic rings. The molecule has 0 amide bonds. The van der Waals surface area contributed by atoms with E-state index in [4.69, 9.17) is 0 Å². The molecule has 0 saturated heterocycles. The first-order valence-electron chi connectivity index (χ1n) is 1.44. The molecule has 40 valence electrons. The van der Waals surface area contributed by atoms with Crippen molar-refractivity contribution in [2.45, 2.75) is 6.92 Å². The molecule has 0 atom stereocenters. The Morgan fingerprint density at radius 2 is 1.83 bits per heavy atom. The first-order valence-corrected chi connectivity index (χ1v) is 3.44. The second-order valence-electron chi connectivity index (χ2n) is 0.569. The van der Waals surface area contributed by atoms with Gasteiger partial charge in [0.2, 0.25) is 0 Å². The summed E-state index contributed by atoms with van der Waals surface area (Å²) in [6.45, 7) is 5.36. The molecule has 0 rings (SSSR count). The van der Waals surface area contributed by atoms with Gasteiger partial charge < -0.3 is 0 Å². The molecule has 0 radical (unpaired) electrons. The van der Waals surface area contributed by atoms with Crippen LogP contribution < -0.4 is 0 Å². The third-order valence-electron chi connectivity index (χ3n) is 0.236. The summed E-state index contributed by atoms with van der Waals surface area (Å²) < 4.78 is 0. The molecule has 0 aromatic heterocycles. The third kappa shape index (κ3) is 23.7. The zero-order valence-electron chi connectivity index (χ0n) is 3.56. The SMILES string of the molecule is [CH2-]/C=C/C.[Cl][Pd+]. The molecular formula is C4H7ClPd. The van der Waals surface area contributed by atoms with Gasteiger partial charge in [-0.2, -0.15) is 0 Å². The van der Waals surface area contributed by atoms with Gasteiger partial charge in [-0.15, -0.1) is 6.92 Å². The van der Waals surface area contributed by atoms with Crippen LogP contribution in [0.1, 0.15) is 6.92 Å². The molecule has 0 spiro atoms. The quantitative estimate of drug-likeness (QED) is 0.412. The van der Waals surface area contributed by atoms with Crippen molar-refractivity contribution in [3.05, 3.63) is 19.1 Å². The first-order chi connectivity index (χ1) is 2.91. The normalized spacial score (nSPS) is 7.33. The van der Waals surface area contributed by atoms with Crippen LogP contribution in [0.2, 0.25) is 0 Å². The molecule has 0 nitrogen and oxygen atoms in total. The first kappa shape index (κ1) is 9.75. The molecule has 0 heterocycles. The molecule has 0 aliphatic carbocycles. The van der Waals surface area contributed by atoms with Gasteiger partial charge in [-0.05, 0) is 0 Å². The van der Waals surface area contributed by atoms with Crippen molar-refractivity contribution in [1.29, 1.82) is 0 Å². The van der Waals surface area contributed by atoms with Gasteiger partial charge in [0.05, 0.1) is 0 Å². The summed E-state index contributed by atoms with van der Waals surface area (Å²) in [5, 5.41) is 0. The van der Waals surface area contributed by atoms with E-state index in [9.17, 15) is 0 Å². The number of halogens is 1. The summed E-state index contributed by atoms with van der Waals surface area (Å²) in [5.41, 5.74) is 0. The second-order valence-corrected chi connectivity index (χ2v) is 0.569. The van der Waals surface area contributed by atoms with Gasteiger partial charge >= 0.3 is 27.7 Å². The molecular weight excluding hydrogens is 190 g/mol. The fourth-order valence-corrected chi connectivity index (χ4v) is 0. The Morgan fingerprint density at radius 1 is 1.67 bits per heavy atom. The maximum atomic E-state index is 4.49. The van der Waals surface area contributed by atoms with Gasteiger partial charge in [-0.3, -0.25) is 0 Å². The molecule has 0 aliphatic rings. The van der Waals surface area contributed by atoms with Crippen LogP contribution >= 0.6 is 9.53 Å². The van der Waals surface area contributed by atoms with Crippen molar-refractivity contribution in [2.75, 3.05) is 0 Å². The van der Waals surface area contributed by atoms with Crippen molar-refractivity contribution >= 4 is 9.53 Å². The Morgan fingerprint density at radius 3 is 1.83 bits per heavy atom. The maximum absolute atomic E-state index is 4.49. The van der Waals surface area contributed by atoms with Crippen molar-refractivity contribution in [3.8, 4) is 0 Å². The van der Waals surface area contributed by atoms with Crippen molar-refractivity contribution < 1.29 is 18.2 Å². The zero-order valence-corrected chi connectivity index (χ0v) is 5.87. The summed E-state index contributed by atoms with van der Waals surface area (Å²) in [7, 11) is 4.49. The summed E-state index contributed by atoms with van der Waals surface area (Å²) in [4.78, 5) is 0. The van der Waals surface area contributed by atoms with E-state index in [0.717, 1.165) is 0 Å². The fourth-order valence-electron chi connectivity index (χ4n) is 0. The predicted octanol–water partition coefficient (Wildman–Crippen LogP) is 2.08. The topological polar surface area (TPSA) is 0 Å². The minimum absolute atomic E-state index is 1.75. The Bertz CT molecular complexity index is 22.7. The van der Waals surface area contributed by atoms with Crippen LogP contribution in [-0.4, -0.2) is 0 Å². The standard InChI is InChI=1S/C4H7.ClH.Pd/c1-3-4-2;;/h3-4H,1H2,2H3;1H;/q-1;;+2/p-1/b4-3+;;. The Kier molecular flexibility index (Phi) is 28.7. The van der Waals surface area contributed by atoms with E-state index in [-0.39, 0.29) is 0 Å². The van der Waals surface area contributed by atoms with Gasteiger partial charge in [0.1, 0.15) is 0 Å². The molecule has 6 heavy (non-hydrogen) atoms. The third-order valence-corrected chi connectivity index (χ3v) is 0.236. The summed E-state index contributed by atoms with van der Waals surface area (Å²) in [6.07, 6.45) is 3.64. The van der Waals surface area contributed by atoms with Crippen LogP contribution in [0.15, 0.2) is 12.2 Å². The van der Waals surface area contributed by atoms with Gasteiger partial charge in [0, 0.05) is 0 Å². The average molecular weight is 197 g/mol. The monoisotopic (exact) mass is 196 g/mol.